The molecule has 2 aliphatic rings. The zero-order chi connectivity index (χ0) is 27.8. The van der Waals surface area contributed by atoms with Gasteiger partial charge in [-0.1, -0.05) is 37.4 Å². The number of carbonyl (C=O) groups excluding carboxylic acids is 2. The molecule has 2 aromatic rings. The van der Waals surface area contributed by atoms with Crippen molar-refractivity contribution in [2.45, 2.75) is 19.4 Å². The zero-order valence-electron chi connectivity index (χ0n) is 22.4. The molecule has 2 aliphatic heterocycles. The van der Waals surface area contributed by atoms with Crippen molar-refractivity contribution in [3.8, 4) is 11.5 Å². The van der Waals surface area contributed by atoms with Crippen LogP contribution in [0.3, 0.4) is 0 Å². The van der Waals surface area contributed by atoms with E-state index in [0.717, 1.165) is 30.8 Å². The molecule has 0 aliphatic carbocycles. The molecular weight excluding hydrogens is 496 g/mol. The molecule has 2 fully saturated rings. The Morgan fingerprint density at radius 3 is 2.28 bits per heavy atom. The summed E-state index contributed by atoms with van der Waals surface area (Å²) < 4.78 is 16.6. The van der Waals surface area contributed by atoms with Crippen LogP contribution < -0.4 is 9.47 Å². The highest BCUT2D eigenvalue weighted by Gasteiger charge is 2.46. The first-order chi connectivity index (χ1) is 18.9. The van der Waals surface area contributed by atoms with E-state index >= 15 is 0 Å². The first kappa shape index (κ1) is 28.1. The third-order valence-electron chi connectivity index (χ3n) is 6.90. The van der Waals surface area contributed by atoms with Crippen molar-refractivity contribution in [1.82, 2.24) is 9.80 Å². The molecule has 2 saturated heterocycles. The van der Waals surface area contributed by atoms with E-state index in [1.165, 1.54) is 0 Å². The molecule has 0 saturated carbocycles. The molecule has 8 heteroatoms. The van der Waals surface area contributed by atoms with Crippen molar-refractivity contribution in [2.24, 2.45) is 0 Å². The van der Waals surface area contributed by atoms with Gasteiger partial charge in [-0.05, 0) is 54.8 Å². The Morgan fingerprint density at radius 1 is 1.00 bits per heavy atom. The van der Waals surface area contributed by atoms with Crippen LogP contribution in [0.25, 0.3) is 5.76 Å². The Labute approximate surface area is 229 Å². The van der Waals surface area contributed by atoms with Gasteiger partial charge in [0.1, 0.15) is 30.5 Å². The van der Waals surface area contributed by atoms with Crippen LogP contribution >= 0.6 is 0 Å². The van der Waals surface area contributed by atoms with Gasteiger partial charge in [0.25, 0.3) is 11.7 Å². The highest BCUT2D eigenvalue weighted by Crippen LogP contribution is 2.40. The molecule has 1 amide bonds. The van der Waals surface area contributed by atoms with Gasteiger partial charge in [-0.15, -0.1) is 0 Å². The van der Waals surface area contributed by atoms with Crippen molar-refractivity contribution >= 4 is 17.4 Å². The third-order valence-corrected chi connectivity index (χ3v) is 6.90. The number of aliphatic hydroxyl groups is 1. The van der Waals surface area contributed by atoms with Gasteiger partial charge < -0.3 is 24.2 Å². The maximum atomic E-state index is 13.4. The molecule has 206 valence electrons. The highest BCUT2D eigenvalue weighted by molar-refractivity contribution is 6.46. The Balaban J connectivity index is 1.67. The molecule has 1 unspecified atom stereocenters. The number of amides is 1. The van der Waals surface area contributed by atoms with Crippen LogP contribution in [-0.2, 0) is 14.3 Å². The predicted molar refractivity (Wildman–Crippen MR) is 150 cm³/mol. The fraction of sp³-hybridized carbons (Fsp3) is 0.355. The minimum atomic E-state index is -0.723. The lowest BCUT2D eigenvalue weighted by molar-refractivity contribution is -0.140. The molecule has 1 atom stereocenters. The molecule has 2 heterocycles. The van der Waals surface area contributed by atoms with Crippen LogP contribution in [0.2, 0.25) is 0 Å². The predicted octanol–water partition coefficient (Wildman–Crippen LogP) is 4.27. The van der Waals surface area contributed by atoms with Gasteiger partial charge in [-0.2, -0.15) is 0 Å². The van der Waals surface area contributed by atoms with Crippen LogP contribution in [0.1, 0.15) is 29.2 Å². The topological polar surface area (TPSA) is 88.5 Å². The Hall–Kier alpha value is -3.88. The van der Waals surface area contributed by atoms with Crippen LogP contribution in [0.4, 0.5) is 0 Å². The highest BCUT2D eigenvalue weighted by atomic mass is 16.5. The number of hydrogen-bond donors (Lipinski definition) is 1. The van der Waals surface area contributed by atoms with Gasteiger partial charge in [-0.3, -0.25) is 14.5 Å². The molecule has 39 heavy (non-hydrogen) atoms. The second-order valence-corrected chi connectivity index (χ2v) is 9.55. The number of benzene rings is 2. The Kier molecular flexibility index (Phi) is 9.57. The van der Waals surface area contributed by atoms with E-state index in [0.29, 0.717) is 56.5 Å². The average Bonchev–Trinajstić information content (AvgIpc) is 3.20. The summed E-state index contributed by atoms with van der Waals surface area (Å²) in [6.45, 7) is 14.1. The lowest BCUT2D eigenvalue weighted by Gasteiger charge is -2.29. The monoisotopic (exact) mass is 532 g/mol. The van der Waals surface area contributed by atoms with Crippen LogP contribution in [0, 0.1) is 6.92 Å². The van der Waals surface area contributed by atoms with E-state index in [2.05, 4.69) is 18.1 Å². The van der Waals surface area contributed by atoms with Crippen molar-refractivity contribution < 1.29 is 28.9 Å². The molecule has 8 nitrogen and oxygen atoms in total. The number of ketones is 1. The molecule has 0 aromatic heterocycles. The van der Waals surface area contributed by atoms with E-state index in [1.807, 2.05) is 19.1 Å². The van der Waals surface area contributed by atoms with Gasteiger partial charge in [0.15, 0.2) is 0 Å². The maximum absolute atomic E-state index is 13.4. The van der Waals surface area contributed by atoms with Gasteiger partial charge in [0, 0.05) is 31.7 Å². The minimum absolute atomic E-state index is 0.0778. The number of Topliss-reactive ketones (excluding diaryl/α,β-unsaturated/α-hetero) is 1. The van der Waals surface area contributed by atoms with Gasteiger partial charge >= 0.3 is 0 Å². The largest absolute Gasteiger partial charge is 0.507 e. The second-order valence-electron chi connectivity index (χ2n) is 9.55. The molecule has 0 radical (unpaired) electrons. The average molecular weight is 533 g/mol. The minimum Gasteiger partial charge on any atom is -0.507 e. The molecule has 0 spiro atoms. The Bertz CT molecular complexity index is 1230. The van der Waals surface area contributed by atoms with Crippen molar-refractivity contribution in [3.63, 3.8) is 0 Å². The summed E-state index contributed by atoms with van der Waals surface area (Å²) in [5, 5.41) is 11.5. The number of aliphatic hydroxyl groups excluding tert-OH is 1. The summed E-state index contributed by atoms with van der Waals surface area (Å²) in [5.41, 5.74) is 1.99. The number of morpholine rings is 1. The molecule has 0 bridgehead atoms. The van der Waals surface area contributed by atoms with Crippen LogP contribution in [0.15, 0.2) is 73.3 Å². The zero-order valence-corrected chi connectivity index (χ0v) is 22.4. The summed E-state index contributed by atoms with van der Waals surface area (Å²) in [6, 6.07) is 11.7. The molecule has 4 rings (SSSR count). The van der Waals surface area contributed by atoms with Gasteiger partial charge in [-0.25, -0.2) is 0 Å². The number of rotatable bonds is 12. The summed E-state index contributed by atoms with van der Waals surface area (Å²) >= 11 is 0. The van der Waals surface area contributed by atoms with E-state index in [-0.39, 0.29) is 11.3 Å². The first-order valence-corrected chi connectivity index (χ1v) is 13.2. The quantitative estimate of drug-likeness (QED) is 0.189. The van der Waals surface area contributed by atoms with Crippen molar-refractivity contribution in [3.05, 3.63) is 90.0 Å². The first-order valence-electron chi connectivity index (χ1n) is 13.2. The van der Waals surface area contributed by atoms with E-state index < -0.39 is 17.7 Å². The SMILES string of the molecule is C=CCOc1ccc(C2C(=C(O)c3ccc(OCC=C)cc3C)C(=O)C(=O)N2CCCN2CCOCC2)cc1. The number of carbonyl (C=O) groups is 2. The van der Waals surface area contributed by atoms with Crippen LogP contribution in [-0.4, -0.2) is 79.2 Å². The number of aryl methyl sites for hydroxylation is 1. The Morgan fingerprint density at radius 2 is 1.64 bits per heavy atom. The fourth-order valence-corrected chi connectivity index (χ4v) is 4.94. The van der Waals surface area contributed by atoms with Gasteiger partial charge in [0.05, 0.1) is 24.8 Å². The fourth-order valence-electron chi connectivity index (χ4n) is 4.94. The smallest absolute Gasteiger partial charge is 0.295 e. The number of nitrogens with zero attached hydrogens (tertiary/aromatic N) is 2. The standard InChI is InChI=1S/C31H36N2O6/c1-4-17-38-24-9-7-23(8-10-24)28-27(29(34)26-12-11-25(21-22(26)3)39-18-5-2)30(35)31(36)33(28)14-6-13-32-15-19-37-20-16-32/h4-5,7-12,21,28,34H,1-2,6,13-20H2,3H3. The summed E-state index contributed by atoms with van der Waals surface area (Å²) in [5.74, 6) is -0.233. The lowest BCUT2D eigenvalue weighted by Crippen LogP contribution is -2.38. The van der Waals surface area contributed by atoms with Crippen molar-refractivity contribution in [1.29, 1.82) is 0 Å². The lowest BCUT2D eigenvalue weighted by atomic mass is 9.93. The second kappa shape index (κ2) is 13.3. The summed E-state index contributed by atoms with van der Waals surface area (Å²) in [6.07, 6.45) is 4.00. The third kappa shape index (κ3) is 6.58. The molecule has 1 N–H and O–H groups in total. The molecular formula is C31H36N2O6. The normalized spacial score (nSPS) is 19.2. The van der Waals surface area contributed by atoms with Crippen LogP contribution in [0.5, 0.6) is 11.5 Å². The number of likely N-dealkylation sites (tertiary alicyclic amines) is 1. The van der Waals surface area contributed by atoms with E-state index in [4.69, 9.17) is 14.2 Å². The number of hydrogen-bond acceptors (Lipinski definition) is 7. The summed E-state index contributed by atoms with van der Waals surface area (Å²) in [7, 11) is 0. The van der Waals surface area contributed by atoms with Gasteiger partial charge in [0.2, 0.25) is 0 Å². The molecule has 2 aromatic carbocycles. The summed E-state index contributed by atoms with van der Waals surface area (Å²) in [4.78, 5) is 30.6. The van der Waals surface area contributed by atoms with E-state index in [1.54, 1.807) is 47.4 Å². The maximum Gasteiger partial charge on any atom is 0.295 e. The number of ether oxygens (including phenoxy) is 3. The van der Waals surface area contributed by atoms with E-state index in [9.17, 15) is 14.7 Å². The van der Waals surface area contributed by atoms with Crippen molar-refractivity contribution in [2.75, 3.05) is 52.6 Å².